The Morgan fingerprint density at radius 2 is 2.22 bits per heavy atom. The van der Waals surface area contributed by atoms with Crippen molar-refractivity contribution >= 4 is 17.5 Å². The molecule has 0 heterocycles. The normalized spacial score (nSPS) is 17.1. The predicted molar refractivity (Wildman–Crippen MR) is 68.6 cm³/mol. The summed E-state index contributed by atoms with van der Waals surface area (Å²) < 4.78 is 13.0. The molecule has 1 aliphatic rings. The van der Waals surface area contributed by atoms with Gasteiger partial charge in [0.15, 0.2) is 0 Å². The molecule has 98 valence electrons. The second kappa shape index (κ2) is 5.24. The summed E-state index contributed by atoms with van der Waals surface area (Å²) in [6, 6.07) is 4.43. The Morgan fingerprint density at radius 1 is 1.50 bits per heavy atom. The fourth-order valence-corrected chi connectivity index (χ4v) is 2.35. The van der Waals surface area contributed by atoms with Crippen molar-refractivity contribution in [2.24, 2.45) is 11.1 Å². The molecule has 3 N–H and O–H groups in total. The number of halogens is 2. The molecule has 3 nitrogen and oxygen atoms in total. The summed E-state index contributed by atoms with van der Waals surface area (Å²) in [5.41, 5.74) is 6.04. The number of nitrogens with two attached hydrogens (primary N) is 1. The van der Waals surface area contributed by atoms with Crippen LogP contribution >= 0.6 is 11.6 Å². The van der Waals surface area contributed by atoms with Gasteiger partial charge in [-0.05, 0) is 30.5 Å². The minimum atomic E-state index is -0.454. The van der Waals surface area contributed by atoms with Gasteiger partial charge in [-0.3, -0.25) is 4.79 Å². The van der Waals surface area contributed by atoms with Gasteiger partial charge in [-0.1, -0.05) is 24.1 Å². The molecule has 1 aromatic rings. The van der Waals surface area contributed by atoms with Crippen LogP contribution in [0.4, 0.5) is 4.39 Å². The average molecular weight is 271 g/mol. The Kier molecular flexibility index (Phi) is 3.88. The Morgan fingerprint density at radius 3 is 2.72 bits per heavy atom. The third-order valence-corrected chi connectivity index (χ3v) is 3.91. The molecule has 0 saturated heterocycles. The number of hydrogen-bond acceptors (Lipinski definition) is 2. The van der Waals surface area contributed by atoms with Crippen molar-refractivity contribution in [1.29, 1.82) is 0 Å². The van der Waals surface area contributed by atoms with Gasteiger partial charge in [0.05, 0.1) is 10.4 Å². The van der Waals surface area contributed by atoms with E-state index in [2.05, 4.69) is 5.32 Å². The largest absolute Gasteiger partial charge is 0.352 e. The lowest BCUT2D eigenvalue weighted by Crippen LogP contribution is -2.50. The molecular weight excluding hydrogens is 255 g/mol. The fraction of sp³-hybridized carbons (Fsp3) is 0.462. The van der Waals surface area contributed by atoms with Crippen molar-refractivity contribution in [1.82, 2.24) is 5.32 Å². The topological polar surface area (TPSA) is 55.1 Å². The summed E-state index contributed by atoms with van der Waals surface area (Å²) in [5.74, 6) is -0.471. The molecule has 2 rings (SSSR count). The average Bonchev–Trinajstić information content (AvgIpc) is 2.30. The lowest BCUT2D eigenvalue weighted by Gasteiger charge is -2.39. The SMILES string of the molecule is NCC1(C(=O)NCc2ccc(F)c(Cl)c2)CCC1. The summed E-state index contributed by atoms with van der Waals surface area (Å²) >= 11 is 5.68. The zero-order chi connectivity index (χ0) is 13.2. The van der Waals surface area contributed by atoms with Crippen LogP contribution in [-0.2, 0) is 11.3 Å². The van der Waals surface area contributed by atoms with E-state index in [1.165, 1.54) is 12.1 Å². The van der Waals surface area contributed by atoms with Gasteiger partial charge in [-0.25, -0.2) is 4.39 Å². The van der Waals surface area contributed by atoms with Crippen LogP contribution in [0.2, 0.25) is 5.02 Å². The van der Waals surface area contributed by atoms with E-state index in [-0.39, 0.29) is 16.3 Å². The van der Waals surface area contributed by atoms with E-state index in [9.17, 15) is 9.18 Å². The molecule has 18 heavy (non-hydrogen) atoms. The van der Waals surface area contributed by atoms with Crippen LogP contribution in [0.3, 0.4) is 0 Å². The molecule has 5 heteroatoms. The third-order valence-electron chi connectivity index (χ3n) is 3.62. The molecule has 0 spiro atoms. The van der Waals surface area contributed by atoms with Crippen LogP contribution in [0, 0.1) is 11.2 Å². The Labute approximate surface area is 111 Å². The first-order valence-electron chi connectivity index (χ1n) is 6.00. The third kappa shape index (κ3) is 2.49. The lowest BCUT2D eigenvalue weighted by molar-refractivity contribution is -0.135. The lowest BCUT2D eigenvalue weighted by atomic mass is 9.68. The minimum absolute atomic E-state index is 0.0169. The summed E-state index contributed by atoms with van der Waals surface area (Å²) in [6.45, 7) is 0.726. The molecule has 0 bridgehead atoms. The molecule has 0 radical (unpaired) electrons. The number of benzene rings is 1. The van der Waals surface area contributed by atoms with Crippen molar-refractivity contribution in [3.63, 3.8) is 0 Å². The summed E-state index contributed by atoms with van der Waals surface area (Å²) in [6.07, 6.45) is 2.74. The molecule has 1 amide bonds. The molecule has 1 aromatic carbocycles. The highest BCUT2D eigenvalue weighted by Gasteiger charge is 2.42. The van der Waals surface area contributed by atoms with E-state index < -0.39 is 5.82 Å². The monoisotopic (exact) mass is 270 g/mol. The maximum atomic E-state index is 13.0. The van der Waals surface area contributed by atoms with Crippen LogP contribution in [-0.4, -0.2) is 12.5 Å². The van der Waals surface area contributed by atoms with E-state index >= 15 is 0 Å². The van der Waals surface area contributed by atoms with E-state index in [1.54, 1.807) is 6.07 Å². The highest BCUT2D eigenvalue weighted by Crippen LogP contribution is 2.40. The van der Waals surface area contributed by atoms with E-state index in [0.29, 0.717) is 13.1 Å². The zero-order valence-corrected chi connectivity index (χ0v) is 10.8. The van der Waals surface area contributed by atoms with Gasteiger partial charge >= 0.3 is 0 Å². The highest BCUT2D eigenvalue weighted by molar-refractivity contribution is 6.30. The molecule has 0 unspecified atom stereocenters. The number of rotatable bonds is 4. The van der Waals surface area contributed by atoms with Gasteiger partial charge in [0.2, 0.25) is 5.91 Å². The maximum Gasteiger partial charge on any atom is 0.227 e. The number of carbonyl (C=O) groups excluding carboxylic acids is 1. The first-order valence-corrected chi connectivity index (χ1v) is 6.37. The Hall–Kier alpha value is -1.13. The van der Waals surface area contributed by atoms with Gasteiger partial charge in [0.1, 0.15) is 5.82 Å². The van der Waals surface area contributed by atoms with Crippen molar-refractivity contribution in [3.05, 3.63) is 34.6 Å². The maximum absolute atomic E-state index is 13.0. The second-order valence-electron chi connectivity index (χ2n) is 4.77. The van der Waals surface area contributed by atoms with Crippen LogP contribution in [0.15, 0.2) is 18.2 Å². The van der Waals surface area contributed by atoms with Crippen molar-refractivity contribution in [2.75, 3.05) is 6.54 Å². The number of nitrogens with one attached hydrogen (secondary N) is 1. The standard InChI is InChI=1S/C13H16ClFN2O/c14-10-6-9(2-3-11(10)15)7-17-12(18)13(8-16)4-1-5-13/h2-3,6H,1,4-5,7-8,16H2,(H,17,18). The number of carbonyl (C=O) groups is 1. The van der Waals surface area contributed by atoms with Gasteiger partial charge < -0.3 is 11.1 Å². The van der Waals surface area contributed by atoms with Crippen LogP contribution in [0.5, 0.6) is 0 Å². The van der Waals surface area contributed by atoms with E-state index in [0.717, 1.165) is 24.8 Å². The zero-order valence-electron chi connectivity index (χ0n) is 10.0. The minimum Gasteiger partial charge on any atom is -0.352 e. The Bertz CT molecular complexity index is 455. The summed E-state index contributed by atoms with van der Waals surface area (Å²) in [5, 5.41) is 2.91. The summed E-state index contributed by atoms with van der Waals surface area (Å²) in [7, 11) is 0. The number of amides is 1. The molecular formula is C13H16ClFN2O. The van der Waals surface area contributed by atoms with Crippen LogP contribution < -0.4 is 11.1 Å². The van der Waals surface area contributed by atoms with E-state index in [1.807, 2.05) is 0 Å². The summed E-state index contributed by atoms with van der Waals surface area (Å²) in [4.78, 5) is 12.0. The van der Waals surface area contributed by atoms with E-state index in [4.69, 9.17) is 17.3 Å². The molecule has 1 saturated carbocycles. The highest BCUT2D eigenvalue weighted by atomic mass is 35.5. The molecule has 0 aromatic heterocycles. The molecule has 0 aliphatic heterocycles. The van der Waals surface area contributed by atoms with Crippen molar-refractivity contribution in [2.45, 2.75) is 25.8 Å². The quantitative estimate of drug-likeness (QED) is 0.881. The number of hydrogen-bond donors (Lipinski definition) is 2. The van der Waals surface area contributed by atoms with Gasteiger partial charge in [-0.15, -0.1) is 0 Å². The molecule has 1 aliphatic carbocycles. The van der Waals surface area contributed by atoms with Crippen molar-refractivity contribution in [3.8, 4) is 0 Å². The molecule has 0 atom stereocenters. The van der Waals surface area contributed by atoms with Crippen LogP contribution in [0.1, 0.15) is 24.8 Å². The smallest absolute Gasteiger partial charge is 0.227 e. The van der Waals surface area contributed by atoms with Gasteiger partial charge in [-0.2, -0.15) is 0 Å². The fourth-order valence-electron chi connectivity index (χ4n) is 2.15. The second-order valence-corrected chi connectivity index (χ2v) is 5.18. The first-order chi connectivity index (χ1) is 8.57. The van der Waals surface area contributed by atoms with Crippen LogP contribution in [0.25, 0.3) is 0 Å². The Balaban J connectivity index is 1.95. The molecule has 1 fully saturated rings. The van der Waals surface area contributed by atoms with Crippen molar-refractivity contribution < 1.29 is 9.18 Å². The first kappa shape index (κ1) is 13.3. The van der Waals surface area contributed by atoms with Gasteiger partial charge in [0, 0.05) is 13.1 Å². The van der Waals surface area contributed by atoms with Gasteiger partial charge in [0.25, 0.3) is 0 Å². The predicted octanol–water partition coefficient (Wildman–Crippen LogP) is 2.22.